The second kappa shape index (κ2) is 6.68. The van der Waals surface area contributed by atoms with Gasteiger partial charge in [-0.05, 0) is 25.0 Å². The zero-order chi connectivity index (χ0) is 18.4. The van der Waals surface area contributed by atoms with Gasteiger partial charge >= 0.3 is 0 Å². The molecule has 0 spiro atoms. The summed E-state index contributed by atoms with van der Waals surface area (Å²) in [5.74, 6) is 3.23. The molecule has 5 rings (SSSR count). The zero-order valence-corrected chi connectivity index (χ0v) is 16.3. The molecule has 1 aliphatic carbocycles. The van der Waals surface area contributed by atoms with Crippen molar-refractivity contribution in [3.63, 3.8) is 0 Å². The van der Waals surface area contributed by atoms with Gasteiger partial charge in [0.25, 0.3) is 0 Å². The first-order valence-electron chi connectivity index (χ1n) is 9.24. The standard InChI is InChI=1S/C17H22N8OS/c1-23(17-18-13(10-26-2)22-27-17)12-8-24(9-12)15-7-6-14-19-20-16(25(14)21-15)11-4-3-5-11/h6-7,11-12H,3-5,8-10H2,1-2H3. The zero-order valence-electron chi connectivity index (χ0n) is 15.4. The third-order valence-electron chi connectivity index (χ3n) is 5.51. The molecule has 0 aromatic carbocycles. The summed E-state index contributed by atoms with van der Waals surface area (Å²) in [6.45, 7) is 2.28. The van der Waals surface area contributed by atoms with Crippen LogP contribution >= 0.6 is 11.5 Å². The number of anilines is 2. The second-order valence-electron chi connectivity index (χ2n) is 7.24. The summed E-state index contributed by atoms with van der Waals surface area (Å²) in [6.07, 6.45) is 3.66. The highest BCUT2D eigenvalue weighted by Gasteiger charge is 2.33. The van der Waals surface area contributed by atoms with Gasteiger partial charge in [0, 0.05) is 44.7 Å². The minimum atomic E-state index is 0.401. The van der Waals surface area contributed by atoms with Crippen molar-refractivity contribution in [2.24, 2.45) is 0 Å². The van der Waals surface area contributed by atoms with Crippen molar-refractivity contribution in [2.75, 3.05) is 37.0 Å². The van der Waals surface area contributed by atoms with Crippen molar-refractivity contribution in [1.29, 1.82) is 0 Å². The molecule has 2 fully saturated rings. The van der Waals surface area contributed by atoms with Crippen LogP contribution < -0.4 is 9.80 Å². The minimum Gasteiger partial charge on any atom is -0.377 e. The van der Waals surface area contributed by atoms with Gasteiger partial charge in [-0.2, -0.15) is 8.89 Å². The number of rotatable bonds is 6. The molecule has 1 aliphatic heterocycles. The number of fused-ring (bicyclic) bond motifs is 1. The van der Waals surface area contributed by atoms with Crippen LogP contribution in [0.25, 0.3) is 5.65 Å². The van der Waals surface area contributed by atoms with Crippen molar-refractivity contribution in [3.05, 3.63) is 23.8 Å². The van der Waals surface area contributed by atoms with E-state index in [1.165, 1.54) is 30.8 Å². The molecule has 0 N–H and O–H groups in total. The van der Waals surface area contributed by atoms with Crippen LogP contribution in [-0.2, 0) is 11.3 Å². The molecule has 142 valence electrons. The Morgan fingerprint density at radius 2 is 2.11 bits per heavy atom. The van der Waals surface area contributed by atoms with Gasteiger partial charge in [0.05, 0.1) is 6.04 Å². The molecule has 9 nitrogen and oxygen atoms in total. The number of nitrogens with zero attached hydrogens (tertiary/aromatic N) is 8. The Balaban J connectivity index is 1.28. The predicted molar refractivity (Wildman–Crippen MR) is 102 cm³/mol. The molecule has 0 bridgehead atoms. The van der Waals surface area contributed by atoms with Crippen LogP contribution in [0.1, 0.15) is 36.8 Å². The van der Waals surface area contributed by atoms with Crippen LogP contribution in [0.5, 0.6) is 0 Å². The Bertz CT molecular complexity index is 945. The van der Waals surface area contributed by atoms with E-state index < -0.39 is 0 Å². The molecule has 0 unspecified atom stereocenters. The maximum Gasteiger partial charge on any atom is 0.205 e. The van der Waals surface area contributed by atoms with Crippen LogP contribution in [-0.4, -0.2) is 62.5 Å². The molecule has 0 radical (unpaired) electrons. The van der Waals surface area contributed by atoms with Crippen molar-refractivity contribution in [2.45, 2.75) is 37.8 Å². The lowest BCUT2D eigenvalue weighted by atomic mass is 9.85. The summed E-state index contributed by atoms with van der Waals surface area (Å²) < 4.78 is 11.4. The molecule has 1 saturated carbocycles. The second-order valence-corrected chi connectivity index (χ2v) is 7.97. The maximum atomic E-state index is 5.10. The molecule has 4 heterocycles. The summed E-state index contributed by atoms with van der Waals surface area (Å²) in [4.78, 5) is 9.01. The molecule has 1 saturated heterocycles. The SMILES string of the molecule is COCc1nsc(N(C)C2CN(c3ccc4nnc(C5CCC5)n4n3)C2)n1. The monoisotopic (exact) mass is 386 g/mol. The van der Waals surface area contributed by atoms with Gasteiger partial charge in [-0.1, -0.05) is 6.42 Å². The van der Waals surface area contributed by atoms with E-state index in [0.717, 1.165) is 41.3 Å². The first-order chi connectivity index (χ1) is 13.2. The number of methoxy groups -OCH3 is 1. The van der Waals surface area contributed by atoms with Crippen molar-refractivity contribution >= 4 is 28.1 Å². The summed E-state index contributed by atoms with van der Waals surface area (Å²) >= 11 is 1.42. The summed E-state index contributed by atoms with van der Waals surface area (Å²) in [5, 5.41) is 14.4. The normalized spacial score (nSPS) is 17.9. The number of likely N-dealkylation sites (N-methyl/N-ethyl adjacent to an activating group) is 1. The van der Waals surface area contributed by atoms with E-state index in [2.05, 4.69) is 36.4 Å². The Kier molecular flexibility index (Phi) is 4.16. The lowest BCUT2D eigenvalue weighted by Gasteiger charge is -2.44. The summed E-state index contributed by atoms with van der Waals surface area (Å²) in [7, 11) is 3.73. The molecular weight excluding hydrogens is 364 g/mol. The van der Waals surface area contributed by atoms with E-state index in [-0.39, 0.29) is 0 Å². The average Bonchev–Trinajstić information content (AvgIpc) is 3.20. The smallest absolute Gasteiger partial charge is 0.205 e. The van der Waals surface area contributed by atoms with Gasteiger partial charge in [0.2, 0.25) is 5.13 Å². The van der Waals surface area contributed by atoms with Crippen molar-refractivity contribution in [3.8, 4) is 0 Å². The largest absolute Gasteiger partial charge is 0.377 e. The van der Waals surface area contributed by atoms with Crippen LogP contribution in [0.4, 0.5) is 10.9 Å². The van der Waals surface area contributed by atoms with E-state index in [4.69, 9.17) is 9.84 Å². The topological polar surface area (TPSA) is 84.6 Å². The van der Waals surface area contributed by atoms with Crippen molar-refractivity contribution < 1.29 is 4.74 Å². The van der Waals surface area contributed by atoms with Crippen LogP contribution in [0.2, 0.25) is 0 Å². The number of aromatic nitrogens is 6. The molecule has 3 aromatic rings. The number of hydrogen-bond donors (Lipinski definition) is 0. The molecule has 27 heavy (non-hydrogen) atoms. The lowest BCUT2D eigenvalue weighted by Crippen LogP contribution is -2.59. The van der Waals surface area contributed by atoms with Gasteiger partial charge in [0.15, 0.2) is 17.3 Å². The van der Waals surface area contributed by atoms with Crippen LogP contribution in [0.3, 0.4) is 0 Å². The van der Waals surface area contributed by atoms with E-state index >= 15 is 0 Å². The van der Waals surface area contributed by atoms with Gasteiger partial charge < -0.3 is 14.5 Å². The predicted octanol–water partition coefficient (Wildman–Crippen LogP) is 1.71. The highest BCUT2D eigenvalue weighted by Crippen LogP contribution is 2.35. The van der Waals surface area contributed by atoms with Crippen molar-refractivity contribution in [1.82, 2.24) is 29.2 Å². The Hall–Kier alpha value is -2.33. The number of ether oxygens (including phenoxy) is 1. The maximum absolute atomic E-state index is 5.10. The Morgan fingerprint density at radius 1 is 1.26 bits per heavy atom. The summed E-state index contributed by atoms with van der Waals surface area (Å²) in [6, 6.07) is 4.45. The van der Waals surface area contributed by atoms with Gasteiger partial charge in [-0.15, -0.1) is 15.3 Å². The van der Waals surface area contributed by atoms with E-state index in [0.29, 0.717) is 18.6 Å². The molecular formula is C17H22N8OS. The van der Waals surface area contributed by atoms with Crippen LogP contribution in [0.15, 0.2) is 12.1 Å². The quantitative estimate of drug-likeness (QED) is 0.633. The molecule has 0 atom stereocenters. The average molecular weight is 386 g/mol. The Labute approximate surface area is 161 Å². The first-order valence-corrected chi connectivity index (χ1v) is 10.0. The fourth-order valence-electron chi connectivity index (χ4n) is 3.50. The minimum absolute atomic E-state index is 0.401. The van der Waals surface area contributed by atoms with E-state index in [1.54, 1.807) is 7.11 Å². The van der Waals surface area contributed by atoms with Gasteiger partial charge in [-0.25, -0.2) is 4.98 Å². The van der Waals surface area contributed by atoms with Gasteiger partial charge in [0.1, 0.15) is 12.4 Å². The van der Waals surface area contributed by atoms with Gasteiger partial charge in [-0.3, -0.25) is 0 Å². The third kappa shape index (κ3) is 2.92. The lowest BCUT2D eigenvalue weighted by molar-refractivity contribution is 0.179. The van der Waals surface area contributed by atoms with Crippen LogP contribution in [0, 0.1) is 0 Å². The fraction of sp³-hybridized carbons (Fsp3) is 0.588. The number of hydrogen-bond acceptors (Lipinski definition) is 9. The molecule has 0 amide bonds. The molecule has 2 aliphatic rings. The van der Waals surface area contributed by atoms with E-state index in [9.17, 15) is 0 Å². The first kappa shape index (κ1) is 16.8. The highest BCUT2D eigenvalue weighted by molar-refractivity contribution is 7.09. The Morgan fingerprint density at radius 3 is 2.85 bits per heavy atom. The molecule has 10 heteroatoms. The molecule has 3 aromatic heterocycles. The third-order valence-corrected chi connectivity index (χ3v) is 6.35. The summed E-state index contributed by atoms with van der Waals surface area (Å²) in [5.41, 5.74) is 0.828. The highest BCUT2D eigenvalue weighted by atomic mass is 32.1. The van der Waals surface area contributed by atoms with E-state index in [1.807, 2.05) is 16.6 Å². The fourth-order valence-corrected chi connectivity index (χ4v) is 4.21.